The molecule has 30 heavy (non-hydrogen) atoms. The van der Waals surface area contributed by atoms with Gasteiger partial charge in [-0.2, -0.15) is 0 Å². The summed E-state index contributed by atoms with van der Waals surface area (Å²) in [5.41, 5.74) is 1.56. The van der Waals surface area contributed by atoms with Gasteiger partial charge >= 0.3 is 5.97 Å². The molecule has 1 aliphatic heterocycles. The largest absolute Gasteiger partial charge is 0.486 e. The molecule has 0 spiro atoms. The van der Waals surface area contributed by atoms with Crippen molar-refractivity contribution >= 4 is 28.2 Å². The van der Waals surface area contributed by atoms with E-state index in [9.17, 15) is 9.59 Å². The molecule has 1 aliphatic carbocycles. The molecule has 1 aromatic carbocycles. The Kier molecular flexibility index (Phi) is 6.24. The van der Waals surface area contributed by atoms with Crippen LogP contribution in [0, 0.1) is 0 Å². The van der Waals surface area contributed by atoms with Crippen molar-refractivity contribution in [2.75, 3.05) is 39.2 Å². The topological polar surface area (TPSA) is 77.1 Å². The number of anilines is 1. The predicted molar refractivity (Wildman–Crippen MR) is 115 cm³/mol. The number of nitrogens with one attached hydrogen (secondary N) is 1. The van der Waals surface area contributed by atoms with E-state index < -0.39 is 0 Å². The summed E-state index contributed by atoms with van der Waals surface area (Å²) >= 11 is 1.49. The van der Waals surface area contributed by atoms with Crippen LogP contribution in [-0.4, -0.2) is 56.7 Å². The third-order valence-electron chi connectivity index (χ3n) is 5.31. The number of methoxy groups -OCH3 is 1. The van der Waals surface area contributed by atoms with Crippen molar-refractivity contribution in [2.45, 2.75) is 31.8 Å². The van der Waals surface area contributed by atoms with E-state index in [0.29, 0.717) is 23.7 Å². The number of rotatable bonds is 6. The van der Waals surface area contributed by atoms with E-state index in [0.717, 1.165) is 42.7 Å². The molecule has 7 nitrogen and oxygen atoms in total. The van der Waals surface area contributed by atoms with E-state index in [2.05, 4.69) is 5.32 Å². The first-order valence-electron chi connectivity index (χ1n) is 10.1. The molecule has 2 heterocycles. The molecular formula is C22H26N2O5S. The molecule has 0 radical (unpaired) electrons. The number of carbonyl (C=O) groups is 2. The number of ether oxygens (including phenoxy) is 3. The van der Waals surface area contributed by atoms with Gasteiger partial charge in [0, 0.05) is 11.4 Å². The van der Waals surface area contributed by atoms with E-state index in [1.165, 1.54) is 23.3 Å². The molecule has 0 bridgehead atoms. The number of thiophene rings is 1. The van der Waals surface area contributed by atoms with E-state index in [1.54, 1.807) is 0 Å². The minimum absolute atomic E-state index is 0.155. The van der Waals surface area contributed by atoms with Crippen molar-refractivity contribution in [3.05, 3.63) is 40.3 Å². The number of hydrogen-bond donors (Lipinski definition) is 1. The highest BCUT2D eigenvalue weighted by Gasteiger charge is 2.27. The van der Waals surface area contributed by atoms with Crippen LogP contribution in [0.2, 0.25) is 0 Å². The summed E-state index contributed by atoms with van der Waals surface area (Å²) in [6.45, 7) is 1.17. The minimum Gasteiger partial charge on any atom is -0.486 e. The summed E-state index contributed by atoms with van der Waals surface area (Å²) in [6.07, 6.45) is 3.80. The lowest BCUT2D eigenvalue weighted by molar-refractivity contribution is -0.117. The van der Waals surface area contributed by atoms with E-state index in [1.807, 2.05) is 36.2 Å². The number of hydrogen-bond acceptors (Lipinski definition) is 7. The summed E-state index contributed by atoms with van der Waals surface area (Å²) in [6, 6.07) is 7.56. The standard InChI is InChI=1S/C22H26N2O5S/c1-24(11-14-13-28-16-8-4-5-9-17(16)29-14)12-19(25)23-21-20(22(26)27-2)15-7-3-6-10-18(15)30-21/h4-5,8-9,14H,3,6-7,10-13H2,1-2H3,(H,23,25)/t14-/m1/s1. The SMILES string of the molecule is COC(=O)c1c(NC(=O)CN(C)C[C@@H]2COc3ccccc3O2)sc2c1CCCC2. The Bertz CT molecular complexity index is 942. The Hall–Kier alpha value is -2.58. The Balaban J connectivity index is 1.37. The van der Waals surface area contributed by atoms with Gasteiger partial charge in [-0.05, 0) is 50.4 Å². The molecule has 2 aromatic rings. The van der Waals surface area contributed by atoms with Gasteiger partial charge in [0.2, 0.25) is 5.91 Å². The van der Waals surface area contributed by atoms with Crippen LogP contribution in [0.5, 0.6) is 11.5 Å². The summed E-state index contributed by atoms with van der Waals surface area (Å²) < 4.78 is 16.7. The van der Waals surface area contributed by atoms with Gasteiger partial charge < -0.3 is 19.5 Å². The van der Waals surface area contributed by atoms with Crippen molar-refractivity contribution in [3.63, 3.8) is 0 Å². The Morgan fingerprint density at radius 3 is 2.80 bits per heavy atom. The second-order valence-electron chi connectivity index (χ2n) is 7.65. The fourth-order valence-corrected chi connectivity index (χ4v) is 5.24. The molecule has 1 amide bonds. The van der Waals surface area contributed by atoms with Crippen LogP contribution in [0.3, 0.4) is 0 Å². The monoisotopic (exact) mass is 430 g/mol. The van der Waals surface area contributed by atoms with E-state index >= 15 is 0 Å². The van der Waals surface area contributed by atoms with Gasteiger partial charge in [-0.15, -0.1) is 11.3 Å². The number of amides is 1. The maximum atomic E-state index is 12.7. The molecule has 0 unspecified atom stereocenters. The normalized spacial score (nSPS) is 17.4. The molecule has 1 aromatic heterocycles. The van der Waals surface area contributed by atoms with Gasteiger partial charge in [-0.25, -0.2) is 4.79 Å². The number of para-hydroxylation sites is 2. The first-order chi connectivity index (χ1) is 14.5. The van der Waals surface area contributed by atoms with Crippen LogP contribution in [0.1, 0.15) is 33.6 Å². The lowest BCUT2D eigenvalue weighted by atomic mass is 9.95. The summed E-state index contributed by atoms with van der Waals surface area (Å²) in [5, 5.41) is 3.53. The number of carbonyl (C=O) groups excluding carboxylic acids is 2. The van der Waals surface area contributed by atoms with E-state index in [4.69, 9.17) is 14.2 Å². The van der Waals surface area contributed by atoms with E-state index in [-0.39, 0.29) is 24.5 Å². The lowest BCUT2D eigenvalue weighted by Gasteiger charge is -2.29. The van der Waals surface area contributed by atoms with Crippen LogP contribution in [0.4, 0.5) is 5.00 Å². The van der Waals surface area contributed by atoms with Gasteiger partial charge in [0.15, 0.2) is 11.5 Å². The number of likely N-dealkylation sites (N-methyl/N-ethyl adjacent to an activating group) is 1. The zero-order chi connectivity index (χ0) is 21.1. The molecule has 4 rings (SSSR count). The molecule has 1 atom stereocenters. The highest BCUT2D eigenvalue weighted by Crippen LogP contribution is 2.38. The van der Waals surface area contributed by atoms with Crippen LogP contribution in [-0.2, 0) is 22.4 Å². The molecule has 0 fully saturated rings. The zero-order valence-corrected chi connectivity index (χ0v) is 18.0. The molecular weight excluding hydrogens is 404 g/mol. The third-order valence-corrected chi connectivity index (χ3v) is 6.52. The predicted octanol–water partition coefficient (Wildman–Crippen LogP) is 3.12. The average molecular weight is 431 g/mol. The van der Waals surface area contributed by atoms with Gasteiger partial charge in [0.25, 0.3) is 0 Å². The van der Waals surface area contributed by atoms with Crippen LogP contribution in [0.15, 0.2) is 24.3 Å². The summed E-state index contributed by atoms with van der Waals surface area (Å²) in [4.78, 5) is 28.1. The Morgan fingerprint density at radius 1 is 1.23 bits per heavy atom. The number of esters is 1. The smallest absolute Gasteiger partial charge is 0.341 e. The van der Waals surface area contributed by atoms with Crippen LogP contribution < -0.4 is 14.8 Å². The van der Waals surface area contributed by atoms with Gasteiger partial charge in [0.05, 0.1) is 19.2 Å². The highest BCUT2D eigenvalue weighted by molar-refractivity contribution is 7.17. The Labute approximate surface area is 179 Å². The second kappa shape index (κ2) is 9.06. The summed E-state index contributed by atoms with van der Waals surface area (Å²) in [5.74, 6) is 0.910. The van der Waals surface area contributed by atoms with Gasteiger partial charge in [-0.1, -0.05) is 12.1 Å². The van der Waals surface area contributed by atoms with Crippen molar-refractivity contribution in [2.24, 2.45) is 0 Å². The van der Waals surface area contributed by atoms with Crippen LogP contribution >= 0.6 is 11.3 Å². The Morgan fingerprint density at radius 2 is 2.00 bits per heavy atom. The first kappa shape index (κ1) is 20.7. The fraction of sp³-hybridized carbons (Fsp3) is 0.455. The highest BCUT2D eigenvalue weighted by atomic mass is 32.1. The second-order valence-corrected chi connectivity index (χ2v) is 8.75. The molecule has 2 aliphatic rings. The average Bonchev–Trinajstić information content (AvgIpc) is 3.10. The fourth-order valence-electron chi connectivity index (χ4n) is 3.95. The number of fused-ring (bicyclic) bond motifs is 2. The minimum atomic E-state index is -0.385. The van der Waals surface area contributed by atoms with Gasteiger partial charge in [0.1, 0.15) is 17.7 Å². The first-order valence-corrected chi connectivity index (χ1v) is 11.0. The number of nitrogens with zero attached hydrogens (tertiary/aromatic N) is 1. The van der Waals surface area contributed by atoms with Crippen molar-refractivity contribution < 1.29 is 23.8 Å². The van der Waals surface area contributed by atoms with Crippen molar-refractivity contribution in [3.8, 4) is 11.5 Å². The maximum Gasteiger partial charge on any atom is 0.341 e. The van der Waals surface area contributed by atoms with Crippen molar-refractivity contribution in [1.29, 1.82) is 0 Å². The number of benzene rings is 1. The summed E-state index contributed by atoms with van der Waals surface area (Å²) in [7, 11) is 3.24. The molecule has 8 heteroatoms. The molecule has 1 N–H and O–H groups in total. The molecule has 0 saturated heterocycles. The van der Waals surface area contributed by atoms with Gasteiger partial charge in [-0.3, -0.25) is 9.69 Å². The number of aryl methyl sites for hydroxylation is 1. The van der Waals surface area contributed by atoms with Crippen molar-refractivity contribution in [1.82, 2.24) is 4.90 Å². The molecule has 0 saturated carbocycles. The lowest BCUT2D eigenvalue weighted by Crippen LogP contribution is -2.42. The maximum absolute atomic E-state index is 12.7. The van der Waals surface area contributed by atoms with Crippen LogP contribution in [0.25, 0.3) is 0 Å². The zero-order valence-electron chi connectivity index (χ0n) is 17.2. The molecule has 160 valence electrons. The third kappa shape index (κ3) is 4.44. The quantitative estimate of drug-likeness (QED) is 0.710.